The van der Waals surface area contributed by atoms with Crippen molar-refractivity contribution in [2.75, 3.05) is 19.0 Å². The first-order valence-electron chi connectivity index (χ1n) is 8.78. The highest BCUT2D eigenvalue weighted by Crippen LogP contribution is 2.42. The summed E-state index contributed by atoms with van der Waals surface area (Å²) in [4.78, 5) is 36.6. The third kappa shape index (κ3) is 4.24. The average Bonchev–Trinajstić information content (AvgIpc) is 2.92. The summed E-state index contributed by atoms with van der Waals surface area (Å²) in [5.41, 5.74) is -0.776. The molecule has 0 saturated carbocycles. The van der Waals surface area contributed by atoms with Crippen molar-refractivity contribution in [3.63, 3.8) is 0 Å². The third-order valence-corrected chi connectivity index (χ3v) is 5.59. The largest absolute Gasteiger partial charge is 0.482 e. The SMILES string of the molecule is CCOC(=O)COc1ccc(SCCC23C=CC=CC2C(=O)NC3=O)cc1. The average molecular weight is 387 g/mol. The lowest BCUT2D eigenvalue weighted by Crippen LogP contribution is -2.34. The first-order chi connectivity index (χ1) is 13.0. The van der Waals surface area contributed by atoms with Gasteiger partial charge in [0.25, 0.3) is 0 Å². The van der Waals surface area contributed by atoms with Crippen molar-refractivity contribution >= 4 is 29.5 Å². The number of nitrogens with one attached hydrogen (secondary N) is 1. The van der Waals surface area contributed by atoms with Crippen molar-refractivity contribution in [3.8, 4) is 5.75 Å². The topological polar surface area (TPSA) is 81.7 Å². The molecule has 1 N–H and O–H groups in total. The van der Waals surface area contributed by atoms with E-state index in [1.165, 1.54) is 0 Å². The van der Waals surface area contributed by atoms with Crippen LogP contribution < -0.4 is 10.1 Å². The molecule has 3 rings (SSSR count). The number of hydrogen-bond acceptors (Lipinski definition) is 6. The van der Waals surface area contributed by atoms with Gasteiger partial charge >= 0.3 is 5.97 Å². The summed E-state index contributed by atoms with van der Waals surface area (Å²) in [5.74, 6) is 0.0126. The Morgan fingerprint density at radius 2 is 2.00 bits per heavy atom. The second-order valence-corrected chi connectivity index (χ2v) is 7.41. The molecule has 1 aliphatic carbocycles. The van der Waals surface area contributed by atoms with Crippen molar-refractivity contribution < 1.29 is 23.9 Å². The number of imide groups is 1. The van der Waals surface area contributed by atoms with Gasteiger partial charge in [-0.2, -0.15) is 0 Å². The summed E-state index contributed by atoms with van der Waals surface area (Å²) in [6.45, 7) is 1.96. The zero-order chi connectivity index (χ0) is 19.3. The first kappa shape index (κ1) is 19.2. The number of rotatable bonds is 8. The summed E-state index contributed by atoms with van der Waals surface area (Å²) >= 11 is 1.61. The van der Waals surface area contributed by atoms with Crippen molar-refractivity contribution in [1.29, 1.82) is 0 Å². The summed E-state index contributed by atoms with van der Waals surface area (Å²) in [5, 5.41) is 2.44. The lowest BCUT2D eigenvalue weighted by molar-refractivity contribution is -0.145. The predicted molar refractivity (Wildman–Crippen MR) is 101 cm³/mol. The highest BCUT2D eigenvalue weighted by atomic mass is 32.2. The molecule has 0 radical (unpaired) electrons. The zero-order valence-corrected chi connectivity index (χ0v) is 15.8. The highest BCUT2D eigenvalue weighted by Gasteiger charge is 2.52. The molecule has 0 spiro atoms. The molecular weight excluding hydrogens is 366 g/mol. The molecule has 7 heteroatoms. The summed E-state index contributed by atoms with van der Waals surface area (Å²) in [6.07, 6.45) is 7.84. The van der Waals surface area contributed by atoms with E-state index in [0.29, 0.717) is 24.5 Å². The van der Waals surface area contributed by atoms with Crippen LogP contribution in [0.2, 0.25) is 0 Å². The Morgan fingerprint density at radius 3 is 2.74 bits per heavy atom. The Kier molecular flexibility index (Phi) is 6.01. The van der Waals surface area contributed by atoms with E-state index in [4.69, 9.17) is 9.47 Å². The Morgan fingerprint density at radius 1 is 1.22 bits per heavy atom. The summed E-state index contributed by atoms with van der Waals surface area (Å²) in [7, 11) is 0. The smallest absolute Gasteiger partial charge is 0.344 e. The van der Waals surface area contributed by atoms with Gasteiger partial charge in [-0.05, 0) is 43.4 Å². The molecule has 6 nitrogen and oxygen atoms in total. The minimum absolute atomic E-state index is 0.118. The van der Waals surface area contributed by atoms with Crippen LogP contribution in [0.25, 0.3) is 0 Å². The fourth-order valence-electron chi connectivity index (χ4n) is 3.19. The van der Waals surface area contributed by atoms with Crippen LogP contribution in [0.15, 0.2) is 53.5 Å². The molecule has 1 aliphatic heterocycles. The van der Waals surface area contributed by atoms with E-state index in [9.17, 15) is 14.4 Å². The molecule has 2 aliphatic rings. The van der Waals surface area contributed by atoms with Crippen molar-refractivity contribution in [2.24, 2.45) is 11.3 Å². The predicted octanol–water partition coefficient (Wildman–Crippen LogP) is 2.50. The minimum Gasteiger partial charge on any atom is -0.482 e. The fraction of sp³-hybridized carbons (Fsp3) is 0.350. The second kappa shape index (κ2) is 8.43. The van der Waals surface area contributed by atoms with Crippen molar-refractivity contribution in [1.82, 2.24) is 5.32 Å². The Balaban J connectivity index is 1.52. The maximum atomic E-state index is 12.3. The molecular formula is C20H21NO5S. The number of carbonyl (C=O) groups excluding carboxylic acids is 3. The highest BCUT2D eigenvalue weighted by molar-refractivity contribution is 7.99. The molecule has 2 amide bonds. The molecule has 27 heavy (non-hydrogen) atoms. The van der Waals surface area contributed by atoms with E-state index in [0.717, 1.165) is 4.90 Å². The van der Waals surface area contributed by atoms with E-state index in [1.807, 2.05) is 30.4 Å². The van der Waals surface area contributed by atoms with Gasteiger partial charge in [-0.3, -0.25) is 14.9 Å². The molecule has 1 aromatic rings. The quantitative estimate of drug-likeness (QED) is 0.419. The molecule has 1 saturated heterocycles. The normalized spacial score (nSPS) is 23.1. The van der Waals surface area contributed by atoms with Gasteiger partial charge in [-0.25, -0.2) is 4.79 Å². The van der Waals surface area contributed by atoms with Crippen LogP contribution in [0.4, 0.5) is 0 Å². The molecule has 1 aromatic carbocycles. The van der Waals surface area contributed by atoms with Gasteiger partial charge in [0.2, 0.25) is 11.8 Å². The van der Waals surface area contributed by atoms with Gasteiger partial charge in [-0.1, -0.05) is 24.3 Å². The summed E-state index contributed by atoms with van der Waals surface area (Å²) in [6, 6.07) is 7.38. The molecule has 2 atom stereocenters. The maximum absolute atomic E-state index is 12.3. The number of benzene rings is 1. The first-order valence-corrected chi connectivity index (χ1v) is 9.76. The van der Waals surface area contributed by atoms with E-state index in [2.05, 4.69) is 5.32 Å². The maximum Gasteiger partial charge on any atom is 0.344 e. The van der Waals surface area contributed by atoms with E-state index in [1.54, 1.807) is 36.9 Å². The van der Waals surface area contributed by atoms with Gasteiger partial charge < -0.3 is 9.47 Å². The number of fused-ring (bicyclic) bond motifs is 1. The van der Waals surface area contributed by atoms with Crippen LogP contribution in [0.1, 0.15) is 13.3 Å². The molecule has 0 aromatic heterocycles. The number of hydrogen-bond donors (Lipinski definition) is 1. The zero-order valence-electron chi connectivity index (χ0n) is 15.0. The molecule has 2 unspecified atom stereocenters. The van der Waals surface area contributed by atoms with Crippen LogP contribution in [0, 0.1) is 11.3 Å². The number of carbonyl (C=O) groups is 3. The third-order valence-electron chi connectivity index (χ3n) is 4.58. The standard InChI is InChI=1S/C20H21NO5S/c1-2-25-17(22)13-26-14-6-8-15(9-7-14)27-12-11-20-10-4-3-5-16(20)18(23)21-19(20)24/h3-10,16H,2,11-13H2,1H3,(H,21,23,24). The fourth-order valence-corrected chi connectivity index (χ4v) is 4.19. The minimum atomic E-state index is -0.776. The van der Waals surface area contributed by atoms with Crippen molar-refractivity contribution in [2.45, 2.75) is 18.2 Å². The van der Waals surface area contributed by atoms with E-state index >= 15 is 0 Å². The number of esters is 1. The second-order valence-electron chi connectivity index (χ2n) is 6.24. The Labute approximate surface area is 162 Å². The lowest BCUT2D eigenvalue weighted by Gasteiger charge is -2.28. The lowest BCUT2D eigenvalue weighted by atomic mass is 9.72. The van der Waals surface area contributed by atoms with E-state index < -0.39 is 17.3 Å². The van der Waals surface area contributed by atoms with Gasteiger partial charge in [0.05, 0.1) is 17.9 Å². The number of ether oxygens (including phenoxy) is 2. The Bertz CT molecular complexity index is 786. The monoisotopic (exact) mass is 387 g/mol. The van der Waals surface area contributed by atoms with Crippen LogP contribution in [0.3, 0.4) is 0 Å². The van der Waals surface area contributed by atoms with Crippen LogP contribution in [-0.2, 0) is 19.1 Å². The van der Waals surface area contributed by atoms with Gasteiger partial charge in [0.15, 0.2) is 6.61 Å². The van der Waals surface area contributed by atoms with Crippen LogP contribution in [-0.4, -0.2) is 36.8 Å². The summed E-state index contributed by atoms with van der Waals surface area (Å²) < 4.78 is 10.2. The molecule has 1 heterocycles. The van der Waals surface area contributed by atoms with Gasteiger partial charge in [0, 0.05) is 4.90 Å². The number of amides is 2. The van der Waals surface area contributed by atoms with Crippen LogP contribution >= 0.6 is 11.8 Å². The Hall–Kier alpha value is -2.54. The van der Waals surface area contributed by atoms with Gasteiger partial charge in [0.1, 0.15) is 5.75 Å². The molecule has 142 valence electrons. The number of thioether (sulfide) groups is 1. The van der Waals surface area contributed by atoms with E-state index in [-0.39, 0.29) is 18.4 Å². The number of allylic oxidation sites excluding steroid dienone is 2. The molecule has 1 fully saturated rings. The van der Waals surface area contributed by atoms with Crippen LogP contribution in [0.5, 0.6) is 5.75 Å². The van der Waals surface area contributed by atoms with Crippen molar-refractivity contribution in [3.05, 3.63) is 48.6 Å². The molecule has 0 bridgehead atoms. The van der Waals surface area contributed by atoms with Gasteiger partial charge in [-0.15, -0.1) is 11.8 Å².